The third-order valence-electron chi connectivity index (χ3n) is 4.33. The fraction of sp³-hybridized carbons (Fsp3) is 0.143. The molecular formula is C21H19N5O. The molecule has 0 bridgehead atoms. The van der Waals surface area contributed by atoms with E-state index in [1.54, 1.807) is 36.4 Å². The first-order valence-electron chi connectivity index (χ1n) is 8.43. The molecule has 2 aromatic heterocycles. The Morgan fingerprint density at radius 3 is 2.67 bits per heavy atom. The van der Waals surface area contributed by atoms with Crippen molar-refractivity contribution in [2.45, 2.75) is 13.8 Å². The molecule has 1 N–H and O–H groups in total. The molecule has 134 valence electrons. The van der Waals surface area contributed by atoms with Crippen LogP contribution >= 0.6 is 0 Å². The molecule has 0 saturated carbocycles. The monoisotopic (exact) mass is 357 g/mol. The minimum atomic E-state index is -0.448. The van der Waals surface area contributed by atoms with Crippen LogP contribution in [-0.4, -0.2) is 20.7 Å². The standard InChI is InChI=1S/C21H19N5O/c1-14-5-4-6-19(15(14)2)24-21(27)17(12-22)11-18-13-26(3)25-20(18)16-7-9-23-10-8-16/h4-11,13H,1-3H3,(H,24,27)/b17-11-. The molecule has 0 unspecified atom stereocenters. The Hall–Kier alpha value is -3.72. The van der Waals surface area contributed by atoms with Crippen molar-refractivity contribution >= 4 is 17.7 Å². The molecule has 27 heavy (non-hydrogen) atoms. The van der Waals surface area contributed by atoms with E-state index in [0.29, 0.717) is 16.9 Å². The number of carbonyl (C=O) groups excluding carboxylic acids is 1. The van der Waals surface area contributed by atoms with Crippen LogP contribution in [-0.2, 0) is 11.8 Å². The molecule has 2 heterocycles. The van der Waals surface area contributed by atoms with E-state index in [2.05, 4.69) is 15.4 Å². The van der Waals surface area contributed by atoms with E-state index in [0.717, 1.165) is 16.7 Å². The summed E-state index contributed by atoms with van der Waals surface area (Å²) in [7, 11) is 1.80. The van der Waals surface area contributed by atoms with Crippen LogP contribution in [0.25, 0.3) is 17.3 Å². The van der Waals surface area contributed by atoms with Crippen molar-refractivity contribution in [3.05, 3.63) is 71.2 Å². The fourth-order valence-electron chi connectivity index (χ4n) is 2.73. The van der Waals surface area contributed by atoms with Gasteiger partial charge in [-0.05, 0) is 49.2 Å². The number of anilines is 1. The van der Waals surface area contributed by atoms with Gasteiger partial charge in [0.15, 0.2) is 0 Å². The summed E-state index contributed by atoms with van der Waals surface area (Å²) >= 11 is 0. The van der Waals surface area contributed by atoms with E-state index in [1.165, 1.54) is 0 Å². The summed E-state index contributed by atoms with van der Waals surface area (Å²) in [6.45, 7) is 3.91. The molecule has 0 aliphatic heterocycles. The number of amides is 1. The van der Waals surface area contributed by atoms with Gasteiger partial charge in [-0.15, -0.1) is 0 Å². The quantitative estimate of drug-likeness (QED) is 0.571. The van der Waals surface area contributed by atoms with Crippen LogP contribution in [0.5, 0.6) is 0 Å². The molecule has 0 fully saturated rings. The second-order valence-electron chi connectivity index (χ2n) is 6.21. The third-order valence-corrected chi connectivity index (χ3v) is 4.33. The van der Waals surface area contributed by atoms with Gasteiger partial charge in [-0.1, -0.05) is 12.1 Å². The number of aryl methyl sites for hydroxylation is 2. The Bertz CT molecular complexity index is 1060. The maximum absolute atomic E-state index is 12.6. The predicted molar refractivity (Wildman–Crippen MR) is 105 cm³/mol. The van der Waals surface area contributed by atoms with Gasteiger partial charge >= 0.3 is 0 Å². The van der Waals surface area contributed by atoms with Crippen molar-refractivity contribution < 1.29 is 4.79 Å². The summed E-state index contributed by atoms with van der Waals surface area (Å²) in [4.78, 5) is 16.6. The first kappa shape index (κ1) is 18.1. The first-order valence-corrected chi connectivity index (χ1v) is 8.43. The average Bonchev–Trinajstić information content (AvgIpc) is 3.04. The van der Waals surface area contributed by atoms with E-state index in [-0.39, 0.29) is 5.57 Å². The SMILES string of the molecule is Cc1cccc(NC(=O)/C(C#N)=C\c2cn(C)nc2-c2ccncc2)c1C. The van der Waals surface area contributed by atoms with Crippen molar-refractivity contribution in [1.29, 1.82) is 5.26 Å². The van der Waals surface area contributed by atoms with Crippen LogP contribution in [0.1, 0.15) is 16.7 Å². The molecule has 0 spiro atoms. The number of rotatable bonds is 4. The fourth-order valence-corrected chi connectivity index (χ4v) is 2.73. The molecular weight excluding hydrogens is 338 g/mol. The zero-order valence-corrected chi connectivity index (χ0v) is 15.4. The first-order chi connectivity index (χ1) is 13.0. The van der Waals surface area contributed by atoms with Gasteiger partial charge in [-0.3, -0.25) is 14.5 Å². The lowest BCUT2D eigenvalue weighted by Crippen LogP contribution is -2.14. The molecule has 0 atom stereocenters. The van der Waals surface area contributed by atoms with Gasteiger partial charge in [-0.25, -0.2) is 0 Å². The molecule has 1 aromatic carbocycles. The molecule has 3 rings (SSSR count). The van der Waals surface area contributed by atoms with Crippen molar-refractivity contribution in [1.82, 2.24) is 14.8 Å². The number of carbonyl (C=O) groups is 1. The van der Waals surface area contributed by atoms with Crippen LogP contribution < -0.4 is 5.32 Å². The Balaban J connectivity index is 1.95. The predicted octanol–water partition coefficient (Wildman–Crippen LogP) is 3.64. The Labute approximate surface area is 157 Å². The number of hydrogen-bond donors (Lipinski definition) is 1. The van der Waals surface area contributed by atoms with Gasteiger partial charge in [0.1, 0.15) is 11.6 Å². The topological polar surface area (TPSA) is 83.6 Å². The average molecular weight is 357 g/mol. The van der Waals surface area contributed by atoms with Crippen molar-refractivity contribution in [3.63, 3.8) is 0 Å². The van der Waals surface area contributed by atoms with Crippen molar-refractivity contribution in [2.75, 3.05) is 5.32 Å². The van der Waals surface area contributed by atoms with E-state index in [1.807, 2.05) is 50.2 Å². The molecule has 0 saturated heterocycles. The minimum Gasteiger partial charge on any atom is -0.321 e. The van der Waals surface area contributed by atoms with Crippen LogP contribution in [0.4, 0.5) is 5.69 Å². The van der Waals surface area contributed by atoms with Gasteiger partial charge < -0.3 is 5.32 Å². The number of nitrogens with zero attached hydrogens (tertiary/aromatic N) is 4. The lowest BCUT2D eigenvalue weighted by Gasteiger charge is -2.09. The molecule has 0 aliphatic rings. The maximum atomic E-state index is 12.6. The highest BCUT2D eigenvalue weighted by atomic mass is 16.1. The Morgan fingerprint density at radius 2 is 1.96 bits per heavy atom. The number of benzene rings is 1. The van der Waals surface area contributed by atoms with E-state index >= 15 is 0 Å². The zero-order valence-electron chi connectivity index (χ0n) is 15.4. The van der Waals surface area contributed by atoms with Gasteiger partial charge in [0.05, 0.1) is 5.69 Å². The second-order valence-corrected chi connectivity index (χ2v) is 6.21. The number of nitriles is 1. The lowest BCUT2D eigenvalue weighted by atomic mass is 10.1. The van der Waals surface area contributed by atoms with E-state index in [4.69, 9.17) is 0 Å². The second kappa shape index (κ2) is 7.67. The van der Waals surface area contributed by atoms with Crippen LogP contribution in [0.15, 0.2) is 54.5 Å². The minimum absolute atomic E-state index is 0.0132. The number of pyridine rings is 1. The number of hydrogen-bond acceptors (Lipinski definition) is 4. The zero-order chi connectivity index (χ0) is 19.4. The third kappa shape index (κ3) is 3.93. The molecule has 6 nitrogen and oxygen atoms in total. The Morgan fingerprint density at radius 1 is 1.22 bits per heavy atom. The maximum Gasteiger partial charge on any atom is 0.266 e. The van der Waals surface area contributed by atoms with Gasteiger partial charge in [0.2, 0.25) is 0 Å². The van der Waals surface area contributed by atoms with Crippen molar-refractivity contribution in [2.24, 2.45) is 7.05 Å². The summed E-state index contributed by atoms with van der Waals surface area (Å²) in [5, 5.41) is 16.8. The van der Waals surface area contributed by atoms with E-state index < -0.39 is 5.91 Å². The largest absolute Gasteiger partial charge is 0.321 e. The summed E-state index contributed by atoms with van der Waals surface area (Å²) in [5.74, 6) is -0.448. The highest BCUT2D eigenvalue weighted by Crippen LogP contribution is 2.24. The summed E-state index contributed by atoms with van der Waals surface area (Å²) in [6, 6.07) is 11.3. The van der Waals surface area contributed by atoms with Crippen LogP contribution in [0.3, 0.4) is 0 Å². The molecule has 3 aromatic rings. The summed E-state index contributed by atoms with van der Waals surface area (Å²) < 4.78 is 1.65. The smallest absolute Gasteiger partial charge is 0.266 e. The normalized spacial score (nSPS) is 11.1. The van der Waals surface area contributed by atoms with Gasteiger partial charge in [0, 0.05) is 42.5 Å². The Kier molecular flexibility index (Phi) is 5.13. The highest BCUT2D eigenvalue weighted by Gasteiger charge is 2.15. The van der Waals surface area contributed by atoms with Gasteiger partial charge in [0.25, 0.3) is 5.91 Å². The van der Waals surface area contributed by atoms with Crippen LogP contribution in [0, 0.1) is 25.2 Å². The molecule has 1 amide bonds. The molecule has 0 aliphatic carbocycles. The number of nitrogens with one attached hydrogen (secondary N) is 1. The summed E-state index contributed by atoms with van der Waals surface area (Å²) in [6.07, 6.45) is 6.69. The highest BCUT2D eigenvalue weighted by molar-refractivity contribution is 6.10. The van der Waals surface area contributed by atoms with Gasteiger partial charge in [-0.2, -0.15) is 10.4 Å². The number of aromatic nitrogens is 3. The molecule has 6 heteroatoms. The summed E-state index contributed by atoms with van der Waals surface area (Å²) in [5.41, 5.74) is 5.00. The lowest BCUT2D eigenvalue weighted by molar-refractivity contribution is -0.112. The van der Waals surface area contributed by atoms with Crippen molar-refractivity contribution in [3.8, 4) is 17.3 Å². The molecule has 0 radical (unpaired) electrons. The van der Waals surface area contributed by atoms with Crippen LogP contribution in [0.2, 0.25) is 0 Å². The van der Waals surface area contributed by atoms with E-state index in [9.17, 15) is 10.1 Å².